The van der Waals surface area contributed by atoms with E-state index in [1.165, 1.54) is 5.56 Å². The summed E-state index contributed by atoms with van der Waals surface area (Å²) < 4.78 is 5.37. The molecule has 0 spiro atoms. The number of oxazole rings is 1. The van der Waals surface area contributed by atoms with Gasteiger partial charge in [-0.3, -0.25) is 0 Å². The molecule has 2 rings (SSSR count). The van der Waals surface area contributed by atoms with E-state index >= 15 is 0 Å². The van der Waals surface area contributed by atoms with Crippen LogP contribution in [0.25, 0.3) is 11.3 Å². The maximum Gasteiger partial charge on any atom is 0.292 e. The van der Waals surface area contributed by atoms with E-state index in [4.69, 9.17) is 10.2 Å². The van der Waals surface area contributed by atoms with Crippen LogP contribution in [0.3, 0.4) is 0 Å². The van der Waals surface area contributed by atoms with Crippen molar-refractivity contribution in [2.24, 2.45) is 0 Å². The van der Waals surface area contributed by atoms with Gasteiger partial charge in [0, 0.05) is 5.56 Å². The summed E-state index contributed by atoms with van der Waals surface area (Å²) in [7, 11) is 0. The molecule has 0 aliphatic carbocycles. The minimum absolute atomic E-state index is 0.227. The maximum absolute atomic E-state index is 5.52. The number of rotatable bonds is 3. The fourth-order valence-corrected chi connectivity index (χ4v) is 1.80. The number of nitrogens with zero attached hydrogens (tertiary/aromatic N) is 1. The predicted molar refractivity (Wildman–Crippen MR) is 65.1 cm³/mol. The molecule has 0 aliphatic heterocycles. The van der Waals surface area contributed by atoms with Crippen LogP contribution in [0.5, 0.6) is 0 Å². The van der Waals surface area contributed by atoms with Gasteiger partial charge in [-0.25, -0.2) is 0 Å². The number of hydrogen-bond donors (Lipinski definition) is 1. The summed E-state index contributed by atoms with van der Waals surface area (Å²) in [6, 6.07) is 8.58. The average molecular weight is 216 g/mol. The fourth-order valence-electron chi connectivity index (χ4n) is 1.80. The molecule has 1 aromatic carbocycles. The summed E-state index contributed by atoms with van der Waals surface area (Å²) >= 11 is 0. The zero-order valence-corrected chi connectivity index (χ0v) is 9.66. The lowest BCUT2D eigenvalue weighted by molar-refractivity contribution is 0.594. The van der Waals surface area contributed by atoms with E-state index in [0.29, 0.717) is 0 Å². The molecule has 3 nitrogen and oxygen atoms in total. The van der Waals surface area contributed by atoms with E-state index in [2.05, 4.69) is 36.2 Å². The van der Waals surface area contributed by atoms with E-state index < -0.39 is 0 Å². The summed E-state index contributed by atoms with van der Waals surface area (Å²) in [5.41, 5.74) is 8.72. The summed E-state index contributed by atoms with van der Waals surface area (Å²) in [5, 5.41) is 0. The topological polar surface area (TPSA) is 52.0 Å². The Hall–Kier alpha value is -1.77. The van der Waals surface area contributed by atoms with Crippen molar-refractivity contribution < 1.29 is 4.42 Å². The summed E-state index contributed by atoms with van der Waals surface area (Å²) in [4.78, 5) is 4.06. The average Bonchev–Trinajstić information content (AvgIpc) is 2.59. The third-order valence-electron chi connectivity index (χ3n) is 2.57. The van der Waals surface area contributed by atoms with Crippen molar-refractivity contribution in [2.45, 2.75) is 26.7 Å². The van der Waals surface area contributed by atoms with Crippen molar-refractivity contribution in [3.63, 3.8) is 0 Å². The van der Waals surface area contributed by atoms with Gasteiger partial charge in [-0.15, -0.1) is 0 Å². The van der Waals surface area contributed by atoms with Gasteiger partial charge in [0.05, 0.1) is 5.69 Å². The lowest BCUT2D eigenvalue weighted by Crippen LogP contribution is -1.84. The molecule has 0 saturated carbocycles. The molecule has 0 bridgehead atoms. The highest BCUT2D eigenvalue weighted by atomic mass is 16.4. The van der Waals surface area contributed by atoms with Gasteiger partial charge in [-0.05, 0) is 18.9 Å². The molecule has 0 fully saturated rings. The first-order valence-electron chi connectivity index (χ1n) is 5.53. The van der Waals surface area contributed by atoms with Crippen LogP contribution in [-0.4, -0.2) is 4.98 Å². The van der Waals surface area contributed by atoms with Crippen molar-refractivity contribution in [1.82, 2.24) is 4.98 Å². The highest BCUT2D eigenvalue weighted by Crippen LogP contribution is 2.25. The van der Waals surface area contributed by atoms with Crippen LogP contribution in [0.1, 0.15) is 24.6 Å². The third-order valence-corrected chi connectivity index (χ3v) is 2.57. The fraction of sp³-hybridized carbons (Fsp3) is 0.308. The van der Waals surface area contributed by atoms with Crippen molar-refractivity contribution in [1.29, 1.82) is 0 Å². The molecule has 0 amide bonds. The molecule has 3 heteroatoms. The van der Waals surface area contributed by atoms with Crippen LogP contribution in [-0.2, 0) is 6.42 Å². The van der Waals surface area contributed by atoms with Crippen molar-refractivity contribution in [2.75, 3.05) is 5.73 Å². The third kappa shape index (κ3) is 2.08. The van der Waals surface area contributed by atoms with E-state index in [9.17, 15) is 0 Å². The number of aryl methyl sites for hydroxylation is 2. The smallest absolute Gasteiger partial charge is 0.292 e. The Labute approximate surface area is 95.3 Å². The molecule has 0 aliphatic rings. The molecule has 0 unspecified atom stereocenters. The van der Waals surface area contributed by atoms with Gasteiger partial charge >= 0.3 is 0 Å². The lowest BCUT2D eigenvalue weighted by Gasteiger charge is -2.01. The van der Waals surface area contributed by atoms with Gasteiger partial charge in [0.25, 0.3) is 6.01 Å². The summed E-state index contributed by atoms with van der Waals surface area (Å²) in [6.07, 6.45) is 2.27. The zero-order chi connectivity index (χ0) is 11.5. The van der Waals surface area contributed by atoms with Crippen LogP contribution in [0.15, 0.2) is 28.7 Å². The van der Waals surface area contributed by atoms with E-state index in [0.717, 1.165) is 29.9 Å². The molecule has 2 N–H and O–H groups in total. The summed E-state index contributed by atoms with van der Waals surface area (Å²) in [6.45, 7) is 4.07. The van der Waals surface area contributed by atoms with Crippen LogP contribution < -0.4 is 5.73 Å². The van der Waals surface area contributed by atoms with Gasteiger partial charge in [0.1, 0.15) is 0 Å². The van der Waals surface area contributed by atoms with Crippen LogP contribution in [0.4, 0.5) is 6.01 Å². The highest BCUT2D eigenvalue weighted by molar-refractivity contribution is 5.61. The van der Waals surface area contributed by atoms with Gasteiger partial charge in [0.2, 0.25) is 0 Å². The second-order valence-electron chi connectivity index (χ2n) is 3.91. The van der Waals surface area contributed by atoms with E-state index in [1.807, 2.05) is 6.92 Å². The minimum atomic E-state index is 0.227. The first kappa shape index (κ1) is 10.7. The van der Waals surface area contributed by atoms with Crippen LogP contribution >= 0.6 is 0 Å². The second-order valence-corrected chi connectivity index (χ2v) is 3.91. The predicted octanol–water partition coefficient (Wildman–Crippen LogP) is 3.18. The molecule has 0 saturated heterocycles. The van der Waals surface area contributed by atoms with Gasteiger partial charge in [-0.2, -0.15) is 4.98 Å². The van der Waals surface area contributed by atoms with Crippen molar-refractivity contribution in [3.8, 4) is 11.3 Å². The quantitative estimate of drug-likeness (QED) is 0.857. The Balaban J connectivity index is 2.31. The molecule has 1 aromatic heterocycles. The molecular weight excluding hydrogens is 200 g/mol. The van der Waals surface area contributed by atoms with Gasteiger partial charge in [-0.1, -0.05) is 37.6 Å². The van der Waals surface area contributed by atoms with Gasteiger partial charge in [0.15, 0.2) is 5.76 Å². The molecule has 84 valence electrons. The lowest BCUT2D eigenvalue weighted by atomic mass is 10.1. The molecular formula is C13H16N2O. The number of benzene rings is 1. The Morgan fingerprint density at radius 1 is 1.25 bits per heavy atom. The molecule has 0 radical (unpaired) electrons. The van der Waals surface area contributed by atoms with Gasteiger partial charge < -0.3 is 10.2 Å². The second kappa shape index (κ2) is 4.39. The maximum atomic E-state index is 5.52. The standard InChI is InChI=1S/C13H16N2O/c1-3-4-10-5-7-11(8-6-10)12-9(2)15-13(14)16-12/h5-8H,3-4H2,1-2H3,(H2,14,15). The van der Waals surface area contributed by atoms with E-state index in [1.54, 1.807) is 0 Å². The van der Waals surface area contributed by atoms with E-state index in [-0.39, 0.29) is 6.01 Å². The molecule has 16 heavy (non-hydrogen) atoms. The largest absolute Gasteiger partial charge is 0.423 e. The van der Waals surface area contributed by atoms with Crippen molar-refractivity contribution >= 4 is 6.01 Å². The Morgan fingerprint density at radius 2 is 1.94 bits per heavy atom. The number of hydrogen-bond acceptors (Lipinski definition) is 3. The number of anilines is 1. The first-order valence-corrected chi connectivity index (χ1v) is 5.53. The number of nitrogen functional groups attached to an aromatic ring is 1. The van der Waals surface area contributed by atoms with Crippen LogP contribution in [0.2, 0.25) is 0 Å². The zero-order valence-electron chi connectivity index (χ0n) is 9.66. The minimum Gasteiger partial charge on any atom is -0.423 e. The Morgan fingerprint density at radius 3 is 2.44 bits per heavy atom. The molecule has 0 atom stereocenters. The monoisotopic (exact) mass is 216 g/mol. The first-order chi connectivity index (χ1) is 7.70. The van der Waals surface area contributed by atoms with Crippen LogP contribution in [0, 0.1) is 6.92 Å². The molecule has 1 heterocycles. The number of nitrogens with two attached hydrogens (primary N) is 1. The summed E-state index contributed by atoms with van der Waals surface area (Å²) in [5.74, 6) is 0.764. The SMILES string of the molecule is CCCc1ccc(-c2oc(N)nc2C)cc1. The Bertz CT molecular complexity index is 471. The normalized spacial score (nSPS) is 10.6. The number of aromatic nitrogens is 1. The molecule has 2 aromatic rings. The Kier molecular flexibility index (Phi) is 2.95. The highest BCUT2D eigenvalue weighted by Gasteiger charge is 2.09. The van der Waals surface area contributed by atoms with Crippen molar-refractivity contribution in [3.05, 3.63) is 35.5 Å².